The van der Waals surface area contributed by atoms with Gasteiger partial charge < -0.3 is 5.73 Å². The molecule has 2 heterocycles. The van der Waals surface area contributed by atoms with Crippen LogP contribution in [-0.4, -0.2) is 29.0 Å². The number of aryl methyl sites for hydroxylation is 1. The number of hydrogen-bond donors (Lipinski definition) is 1. The number of likely N-dealkylation sites (tertiary alicyclic amines) is 1. The molecule has 2 rings (SSSR count). The van der Waals surface area contributed by atoms with Crippen molar-refractivity contribution < 1.29 is 0 Å². The van der Waals surface area contributed by atoms with E-state index in [-0.39, 0.29) is 0 Å². The van der Waals surface area contributed by atoms with Crippen LogP contribution in [0.1, 0.15) is 23.7 Å². The van der Waals surface area contributed by atoms with Crippen molar-refractivity contribution in [2.75, 3.05) is 13.1 Å². The lowest BCUT2D eigenvalue weighted by Gasteiger charge is -2.12. The molecule has 1 fully saturated rings. The molecular formula is C11H19N3S. The maximum Gasteiger partial charge on any atom is 0.0925 e. The Kier molecular flexibility index (Phi) is 3.38. The summed E-state index contributed by atoms with van der Waals surface area (Å²) in [5, 5.41) is 1.24. The van der Waals surface area contributed by atoms with E-state index >= 15 is 0 Å². The van der Waals surface area contributed by atoms with Crippen LogP contribution in [0.25, 0.3) is 0 Å². The third-order valence-electron chi connectivity index (χ3n) is 3.03. The van der Waals surface area contributed by atoms with E-state index in [1.165, 1.54) is 9.88 Å². The van der Waals surface area contributed by atoms with Crippen LogP contribution in [0.5, 0.6) is 0 Å². The van der Waals surface area contributed by atoms with Crippen LogP contribution in [0.4, 0.5) is 0 Å². The summed E-state index contributed by atoms with van der Waals surface area (Å²) >= 11 is 1.83. The third kappa shape index (κ3) is 2.56. The lowest BCUT2D eigenvalue weighted by Crippen LogP contribution is -2.28. The van der Waals surface area contributed by atoms with E-state index in [2.05, 4.69) is 23.7 Å². The first-order chi connectivity index (χ1) is 7.19. The minimum Gasteiger partial charge on any atom is -0.326 e. The molecule has 2 atom stereocenters. The predicted molar refractivity (Wildman–Crippen MR) is 63.9 cm³/mol. The van der Waals surface area contributed by atoms with E-state index in [4.69, 9.17) is 5.73 Å². The Morgan fingerprint density at radius 2 is 2.40 bits per heavy atom. The fourth-order valence-electron chi connectivity index (χ4n) is 2.03. The van der Waals surface area contributed by atoms with Crippen molar-refractivity contribution in [2.24, 2.45) is 11.7 Å². The highest BCUT2D eigenvalue weighted by Gasteiger charge is 2.26. The number of nitrogens with zero attached hydrogens (tertiary/aromatic N) is 2. The molecular weight excluding hydrogens is 206 g/mol. The summed E-state index contributed by atoms with van der Waals surface area (Å²) in [6, 6.07) is 0.351. The molecule has 0 aromatic carbocycles. The highest BCUT2D eigenvalue weighted by Crippen LogP contribution is 2.20. The smallest absolute Gasteiger partial charge is 0.0925 e. The number of thiazole rings is 1. The first kappa shape index (κ1) is 11.0. The molecule has 0 radical (unpaired) electrons. The van der Waals surface area contributed by atoms with Crippen LogP contribution in [-0.2, 0) is 13.0 Å². The zero-order valence-corrected chi connectivity index (χ0v) is 10.3. The molecule has 1 aromatic heterocycles. The van der Waals surface area contributed by atoms with Gasteiger partial charge in [0.25, 0.3) is 0 Å². The quantitative estimate of drug-likeness (QED) is 0.847. The standard InChI is InChI=1S/C11H19N3S/c1-3-11-13-4-9(15-11)6-14-5-8(2)10(12)7-14/h4,8,10H,3,5-7,12H2,1-2H3. The molecule has 0 amide bonds. The average molecular weight is 225 g/mol. The summed E-state index contributed by atoms with van der Waals surface area (Å²) in [4.78, 5) is 8.18. The Balaban J connectivity index is 1.92. The highest BCUT2D eigenvalue weighted by molar-refractivity contribution is 7.11. The van der Waals surface area contributed by atoms with Gasteiger partial charge >= 0.3 is 0 Å². The summed E-state index contributed by atoms with van der Waals surface area (Å²) < 4.78 is 0. The third-order valence-corrected chi connectivity index (χ3v) is 4.16. The molecule has 2 unspecified atom stereocenters. The maximum absolute atomic E-state index is 6.00. The number of rotatable bonds is 3. The van der Waals surface area contributed by atoms with Crippen molar-refractivity contribution in [3.05, 3.63) is 16.1 Å². The lowest BCUT2D eigenvalue weighted by atomic mass is 10.1. The van der Waals surface area contributed by atoms with E-state index in [0.29, 0.717) is 12.0 Å². The SMILES string of the molecule is CCc1ncc(CN2CC(C)C(N)C2)s1. The molecule has 0 saturated carbocycles. The Labute approximate surface area is 95.3 Å². The van der Waals surface area contributed by atoms with Crippen molar-refractivity contribution in [3.63, 3.8) is 0 Å². The molecule has 2 N–H and O–H groups in total. The van der Waals surface area contributed by atoms with Crippen LogP contribution in [0.15, 0.2) is 6.20 Å². The van der Waals surface area contributed by atoms with Gasteiger partial charge in [-0.05, 0) is 12.3 Å². The van der Waals surface area contributed by atoms with Gasteiger partial charge in [-0.15, -0.1) is 11.3 Å². The van der Waals surface area contributed by atoms with Gasteiger partial charge in [-0.25, -0.2) is 4.98 Å². The van der Waals surface area contributed by atoms with E-state index in [1.807, 2.05) is 17.5 Å². The summed E-state index contributed by atoms with van der Waals surface area (Å²) in [5.74, 6) is 0.628. The second-order valence-corrected chi connectivity index (χ2v) is 5.61. The fraction of sp³-hybridized carbons (Fsp3) is 0.727. The average Bonchev–Trinajstić information content (AvgIpc) is 2.76. The van der Waals surface area contributed by atoms with Crippen molar-refractivity contribution in [2.45, 2.75) is 32.9 Å². The Hall–Kier alpha value is -0.450. The zero-order valence-electron chi connectivity index (χ0n) is 9.44. The molecule has 0 aliphatic carbocycles. The van der Waals surface area contributed by atoms with Crippen LogP contribution >= 0.6 is 11.3 Å². The molecule has 1 aliphatic heterocycles. The molecule has 0 spiro atoms. The normalized spacial score (nSPS) is 27.4. The van der Waals surface area contributed by atoms with Gasteiger partial charge in [0, 0.05) is 36.8 Å². The van der Waals surface area contributed by atoms with E-state index in [9.17, 15) is 0 Å². The van der Waals surface area contributed by atoms with Crippen molar-refractivity contribution in [3.8, 4) is 0 Å². The Morgan fingerprint density at radius 3 is 2.93 bits per heavy atom. The molecule has 3 nitrogen and oxygen atoms in total. The Bertz CT molecular complexity index is 313. The largest absolute Gasteiger partial charge is 0.326 e. The zero-order chi connectivity index (χ0) is 10.8. The highest BCUT2D eigenvalue weighted by atomic mass is 32.1. The Morgan fingerprint density at radius 1 is 1.60 bits per heavy atom. The molecule has 4 heteroatoms. The van der Waals surface area contributed by atoms with E-state index < -0.39 is 0 Å². The summed E-state index contributed by atoms with van der Waals surface area (Å²) in [6.45, 7) is 7.56. The van der Waals surface area contributed by atoms with Gasteiger partial charge in [-0.3, -0.25) is 4.90 Å². The number of hydrogen-bond acceptors (Lipinski definition) is 4. The van der Waals surface area contributed by atoms with Gasteiger partial charge in [0.1, 0.15) is 0 Å². The number of nitrogens with two attached hydrogens (primary N) is 1. The molecule has 1 saturated heterocycles. The van der Waals surface area contributed by atoms with E-state index in [0.717, 1.165) is 26.1 Å². The molecule has 0 bridgehead atoms. The molecule has 84 valence electrons. The summed E-state index contributed by atoms with van der Waals surface area (Å²) in [7, 11) is 0. The second-order valence-electron chi connectivity index (χ2n) is 4.41. The van der Waals surface area contributed by atoms with Gasteiger partial charge in [-0.2, -0.15) is 0 Å². The second kappa shape index (κ2) is 4.60. The monoisotopic (exact) mass is 225 g/mol. The fourth-order valence-corrected chi connectivity index (χ4v) is 2.93. The van der Waals surface area contributed by atoms with Crippen molar-refractivity contribution in [1.82, 2.24) is 9.88 Å². The van der Waals surface area contributed by atoms with Gasteiger partial charge in [0.2, 0.25) is 0 Å². The van der Waals surface area contributed by atoms with Crippen LogP contribution in [0, 0.1) is 5.92 Å². The topological polar surface area (TPSA) is 42.2 Å². The minimum absolute atomic E-state index is 0.351. The lowest BCUT2D eigenvalue weighted by molar-refractivity contribution is 0.321. The summed E-state index contributed by atoms with van der Waals surface area (Å²) in [6.07, 6.45) is 3.05. The van der Waals surface area contributed by atoms with Gasteiger partial charge in [0.15, 0.2) is 0 Å². The van der Waals surface area contributed by atoms with E-state index in [1.54, 1.807) is 0 Å². The van der Waals surface area contributed by atoms with Crippen molar-refractivity contribution in [1.29, 1.82) is 0 Å². The summed E-state index contributed by atoms with van der Waals surface area (Å²) in [5.41, 5.74) is 6.00. The van der Waals surface area contributed by atoms with Crippen LogP contribution in [0.3, 0.4) is 0 Å². The first-order valence-corrected chi connectivity index (χ1v) is 6.42. The molecule has 1 aliphatic rings. The maximum atomic E-state index is 6.00. The van der Waals surface area contributed by atoms with Gasteiger partial charge in [0.05, 0.1) is 5.01 Å². The molecule has 1 aromatic rings. The minimum atomic E-state index is 0.351. The number of aromatic nitrogens is 1. The van der Waals surface area contributed by atoms with Crippen molar-refractivity contribution >= 4 is 11.3 Å². The van der Waals surface area contributed by atoms with Crippen LogP contribution < -0.4 is 5.73 Å². The first-order valence-electron chi connectivity index (χ1n) is 5.60. The van der Waals surface area contributed by atoms with Crippen LogP contribution in [0.2, 0.25) is 0 Å². The van der Waals surface area contributed by atoms with Gasteiger partial charge in [-0.1, -0.05) is 13.8 Å². The molecule has 15 heavy (non-hydrogen) atoms. The predicted octanol–water partition coefficient (Wildman–Crippen LogP) is 1.48.